The van der Waals surface area contributed by atoms with E-state index >= 15 is 0 Å². The molecule has 0 bridgehead atoms. The van der Waals surface area contributed by atoms with Gasteiger partial charge >= 0.3 is 83.0 Å². The van der Waals surface area contributed by atoms with Crippen molar-refractivity contribution in [2.75, 3.05) is 39.6 Å². The summed E-state index contributed by atoms with van der Waals surface area (Å²) in [6.45, 7) is 4.57. The Hall–Kier alpha value is 0.0600. The van der Waals surface area contributed by atoms with Crippen LogP contribution in [0.4, 0.5) is 0 Å². The molecule has 0 saturated heterocycles. The summed E-state index contributed by atoms with van der Waals surface area (Å²) in [5.41, 5.74) is 0. The number of carbonyl (C=O) groups is 4. The van der Waals surface area contributed by atoms with E-state index in [-0.39, 0.29) is 84.8 Å². The van der Waals surface area contributed by atoms with Crippen molar-refractivity contribution in [3.63, 3.8) is 0 Å². The molecule has 0 aliphatic rings. The minimum atomic E-state index is -5.22. The van der Waals surface area contributed by atoms with Crippen LogP contribution in [0.5, 0.6) is 0 Å². The van der Waals surface area contributed by atoms with E-state index in [1.807, 2.05) is 0 Å². The molecule has 0 spiro atoms. The second-order valence-corrected chi connectivity index (χ2v) is 29.1. The first-order valence-corrected chi connectivity index (χ1v) is 41.2. The number of aliphatic hydroxyl groups excluding tert-OH is 1. The van der Waals surface area contributed by atoms with Crippen molar-refractivity contribution in [1.82, 2.24) is 0 Å². The van der Waals surface area contributed by atoms with Gasteiger partial charge in [-0.25, -0.2) is 0 Å². The number of rotatable bonds is 74. The number of hydrogen-bond acceptors (Lipinski definition) is 17. The van der Waals surface area contributed by atoms with Crippen molar-refractivity contribution < 1.29 is 139 Å². The van der Waals surface area contributed by atoms with Crippen molar-refractivity contribution in [2.45, 2.75) is 406 Å². The number of phosphoric acid groups is 2. The van der Waals surface area contributed by atoms with Crippen molar-refractivity contribution in [3.8, 4) is 0 Å². The summed E-state index contributed by atoms with van der Waals surface area (Å²) in [6.07, 6.45) is 55.9. The fourth-order valence-corrected chi connectivity index (χ4v) is 12.8. The van der Waals surface area contributed by atoms with Crippen LogP contribution in [0.1, 0.15) is 387 Å². The summed E-state index contributed by atoms with van der Waals surface area (Å²) < 4.78 is 67.6. The summed E-state index contributed by atoms with van der Waals surface area (Å²) in [5, 5.41) is 10.5. The Balaban J connectivity index is -0.0000414. The van der Waals surface area contributed by atoms with Gasteiger partial charge in [-0.2, -0.15) is 0 Å². The van der Waals surface area contributed by atoms with Gasteiger partial charge in [0.1, 0.15) is 19.3 Å². The molecule has 0 aromatic heterocycles. The molecular weight excluding hydrogens is 1260 g/mol. The largest absolute Gasteiger partial charge is 1.00 e. The fraction of sp³-hybridized carbons (Fsp3) is 0.945. The molecule has 94 heavy (non-hydrogen) atoms. The number of carbonyl (C=O) groups excluding carboxylic acids is 4. The van der Waals surface area contributed by atoms with Gasteiger partial charge in [0.2, 0.25) is 0 Å². The normalized spacial score (nSPS) is 13.6. The van der Waals surface area contributed by atoms with E-state index in [0.29, 0.717) is 25.7 Å². The van der Waals surface area contributed by atoms with Crippen molar-refractivity contribution in [2.24, 2.45) is 0 Å². The van der Waals surface area contributed by atoms with E-state index in [4.69, 9.17) is 37.0 Å². The van der Waals surface area contributed by atoms with Gasteiger partial charge in [0.05, 0.1) is 26.4 Å². The van der Waals surface area contributed by atoms with E-state index in [1.54, 1.807) is 0 Å². The van der Waals surface area contributed by atoms with Gasteiger partial charge in [-0.05, 0) is 25.7 Å². The van der Waals surface area contributed by atoms with Crippen LogP contribution in [0.3, 0.4) is 0 Å². The molecule has 2 unspecified atom stereocenters. The van der Waals surface area contributed by atoms with Crippen LogP contribution in [0, 0.1) is 0 Å². The van der Waals surface area contributed by atoms with Gasteiger partial charge in [0.25, 0.3) is 15.6 Å². The summed E-state index contributed by atoms with van der Waals surface area (Å²) in [7, 11) is -10.4. The Bertz CT molecular complexity index is 1650. The van der Waals surface area contributed by atoms with Crippen molar-refractivity contribution >= 4 is 39.5 Å². The Labute approximate surface area is 619 Å². The number of aliphatic hydroxyl groups is 1. The molecule has 0 fully saturated rings. The van der Waals surface area contributed by atoms with E-state index in [9.17, 15) is 43.2 Å². The van der Waals surface area contributed by atoms with Crippen LogP contribution in [0.2, 0.25) is 0 Å². The number of esters is 4. The second-order valence-electron chi connectivity index (χ2n) is 26.3. The van der Waals surface area contributed by atoms with Crippen LogP contribution < -0.4 is 68.9 Å². The molecule has 0 radical (unpaired) electrons. The van der Waals surface area contributed by atoms with Crippen LogP contribution >= 0.6 is 15.6 Å². The second kappa shape index (κ2) is 74.3. The third-order valence-electron chi connectivity index (χ3n) is 17.1. The number of ether oxygens (including phenoxy) is 4. The maximum Gasteiger partial charge on any atom is 1.00 e. The third-order valence-corrected chi connectivity index (χ3v) is 18.9. The van der Waals surface area contributed by atoms with E-state index in [1.165, 1.54) is 218 Å². The average molecular weight is 1400 g/mol. The molecule has 546 valence electrons. The third kappa shape index (κ3) is 73.3. The van der Waals surface area contributed by atoms with Gasteiger partial charge in [-0.15, -0.1) is 0 Å². The zero-order valence-corrected chi connectivity index (χ0v) is 67.2. The molecular formula is C73H140Na2O17P2. The predicted octanol–water partition coefficient (Wildman–Crippen LogP) is 14.2. The Morgan fingerprint density at radius 2 is 0.447 bits per heavy atom. The molecule has 0 aromatic carbocycles. The van der Waals surface area contributed by atoms with Crippen LogP contribution in [-0.2, 0) is 65.4 Å². The van der Waals surface area contributed by atoms with Gasteiger partial charge in [0, 0.05) is 25.7 Å². The molecule has 0 amide bonds. The van der Waals surface area contributed by atoms with Gasteiger partial charge < -0.3 is 51.9 Å². The van der Waals surface area contributed by atoms with Crippen LogP contribution in [0.25, 0.3) is 0 Å². The zero-order chi connectivity index (χ0) is 67.5. The topological polar surface area (TPSA) is 243 Å². The maximum absolute atomic E-state index is 13.0. The van der Waals surface area contributed by atoms with E-state index in [2.05, 4.69) is 27.7 Å². The SMILES string of the molecule is CCCCCCCCCCCCCCCC(=O)OC[C@H](COP(=O)([O-])OCC(O)COP(=O)([O-])OC[C@@H](COC(=O)CCCCCCCCCCCCCCC)OC(=O)CCCCCCCCCCCCCCC)OC(=O)CCCCCCCCCCCCCCC.[Na+].[Na+]. The fourth-order valence-electron chi connectivity index (χ4n) is 11.2. The zero-order valence-electron chi connectivity index (χ0n) is 61.4. The molecule has 0 saturated carbocycles. The number of unbranched alkanes of at least 4 members (excludes halogenated alkanes) is 48. The maximum atomic E-state index is 13.0. The van der Waals surface area contributed by atoms with Crippen molar-refractivity contribution in [3.05, 3.63) is 0 Å². The molecule has 0 aliphatic carbocycles. The van der Waals surface area contributed by atoms with Crippen LogP contribution in [0.15, 0.2) is 0 Å². The number of phosphoric ester groups is 2. The standard InChI is InChI=1S/C73H142O17P2.2Na/c1-5-9-13-17-21-25-29-33-37-41-45-49-53-57-70(75)83-63-68(89-72(77)59-55-51-47-43-39-35-31-27-23-19-15-11-7-3)65-87-91(79,80)85-61-67(74)62-86-92(81,82)88-66-69(90-73(78)60-56-52-48-44-40-36-32-28-24-20-16-12-8-4)64-84-71(76)58-54-50-46-42-38-34-30-26-22-18-14-10-6-2;;/h67-69,74H,5-66H2,1-4H3,(H,79,80)(H,81,82);;/q;2*+1/p-2/t68-,69-;;/m1../s1. The summed E-state index contributed by atoms with van der Waals surface area (Å²) >= 11 is 0. The van der Waals surface area contributed by atoms with E-state index in [0.717, 1.165) is 89.9 Å². The van der Waals surface area contributed by atoms with Crippen molar-refractivity contribution in [1.29, 1.82) is 0 Å². The predicted molar refractivity (Wildman–Crippen MR) is 368 cm³/mol. The van der Waals surface area contributed by atoms with Gasteiger partial charge in [-0.3, -0.25) is 28.3 Å². The van der Waals surface area contributed by atoms with Crippen LogP contribution in [-0.4, -0.2) is 86.9 Å². The monoisotopic (exact) mass is 1400 g/mol. The summed E-state index contributed by atoms with van der Waals surface area (Å²) in [5.74, 6) is -2.21. The summed E-state index contributed by atoms with van der Waals surface area (Å²) in [4.78, 5) is 77.3. The van der Waals surface area contributed by atoms with Gasteiger partial charge in [0.15, 0.2) is 12.2 Å². The molecule has 0 heterocycles. The molecule has 21 heteroatoms. The minimum absolute atomic E-state index is 0. The summed E-state index contributed by atoms with van der Waals surface area (Å²) in [6, 6.07) is 0. The molecule has 0 aliphatic heterocycles. The van der Waals surface area contributed by atoms with Gasteiger partial charge in [-0.1, -0.05) is 336 Å². The first-order valence-electron chi connectivity index (χ1n) is 38.2. The minimum Gasteiger partial charge on any atom is -0.756 e. The quantitative estimate of drug-likeness (QED) is 0.0196. The first kappa shape index (κ1) is 98.2. The average Bonchev–Trinajstić information content (AvgIpc) is 3.74. The Morgan fingerprint density at radius 1 is 0.277 bits per heavy atom. The molecule has 17 nitrogen and oxygen atoms in total. The number of hydrogen-bond donors (Lipinski definition) is 1. The molecule has 1 N–H and O–H groups in total. The van der Waals surface area contributed by atoms with E-state index < -0.39 is 97.5 Å². The Kier molecular flexibility index (Phi) is 77.6. The molecule has 0 aromatic rings. The Morgan fingerprint density at radius 3 is 0.649 bits per heavy atom. The molecule has 4 atom stereocenters. The molecule has 0 rings (SSSR count). The first-order chi connectivity index (χ1) is 44.7. The smallest absolute Gasteiger partial charge is 0.756 e.